The molecular formula is C8H9F2NO. The van der Waals surface area contributed by atoms with Crippen LogP contribution in [-0.4, -0.2) is 5.91 Å². The van der Waals surface area contributed by atoms with Crippen molar-refractivity contribution in [2.45, 2.75) is 6.92 Å². The Morgan fingerprint density at radius 2 is 1.67 bits per heavy atom. The van der Waals surface area contributed by atoms with Gasteiger partial charge in [-0.05, 0) is 12.1 Å². The van der Waals surface area contributed by atoms with Crippen LogP contribution in [0.1, 0.15) is 6.92 Å². The van der Waals surface area contributed by atoms with E-state index < -0.39 is 11.6 Å². The number of carbonyl (C=O) groups excluding carboxylic acids is 1. The highest BCUT2D eigenvalue weighted by molar-refractivity contribution is 5.70. The molecule has 0 bridgehead atoms. The fourth-order valence-electron chi connectivity index (χ4n) is 0.460. The Morgan fingerprint density at radius 3 is 1.83 bits per heavy atom. The van der Waals surface area contributed by atoms with Gasteiger partial charge in [-0.15, -0.1) is 0 Å². The maximum Gasteiger partial charge on any atom is 0.214 e. The van der Waals surface area contributed by atoms with E-state index in [1.54, 1.807) is 0 Å². The molecule has 0 spiro atoms. The summed E-state index contributed by atoms with van der Waals surface area (Å²) >= 11 is 0. The minimum atomic E-state index is -0.537. The molecule has 0 aliphatic rings. The lowest BCUT2D eigenvalue weighted by Gasteiger charge is -1.84. The highest BCUT2D eigenvalue weighted by Crippen LogP contribution is 1.99. The Labute approximate surface area is 69.0 Å². The standard InChI is InChI=1S/C6H4F2.C2H5NO/c7-5-2-1-3-6(8)4-5;1-2(3)4/h1-4H;1H3,(H2,3,4). The molecule has 4 heteroatoms. The summed E-state index contributed by atoms with van der Waals surface area (Å²) in [5.41, 5.74) is 4.47. The van der Waals surface area contributed by atoms with Crippen LogP contribution in [0.2, 0.25) is 0 Å². The monoisotopic (exact) mass is 173 g/mol. The van der Waals surface area contributed by atoms with Crippen molar-refractivity contribution in [2.24, 2.45) is 5.73 Å². The number of rotatable bonds is 0. The largest absolute Gasteiger partial charge is 0.370 e. The average Bonchev–Trinajstić information content (AvgIpc) is 1.84. The van der Waals surface area contributed by atoms with Crippen molar-refractivity contribution in [1.82, 2.24) is 0 Å². The van der Waals surface area contributed by atoms with E-state index >= 15 is 0 Å². The van der Waals surface area contributed by atoms with Crippen molar-refractivity contribution < 1.29 is 13.6 Å². The third kappa shape index (κ3) is 6.67. The van der Waals surface area contributed by atoms with Crippen LogP contribution >= 0.6 is 0 Å². The Bertz CT molecular complexity index is 242. The summed E-state index contributed by atoms with van der Waals surface area (Å²) in [5, 5.41) is 0. The molecule has 0 aliphatic heterocycles. The van der Waals surface area contributed by atoms with Gasteiger partial charge in [0.2, 0.25) is 5.91 Å². The molecule has 1 rings (SSSR count). The van der Waals surface area contributed by atoms with Crippen LogP contribution < -0.4 is 5.73 Å². The molecule has 66 valence electrons. The van der Waals surface area contributed by atoms with Crippen LogP contribution in [0, 0.1) is 11.6 Å². The van der Waals surface area contributed by atoms with E-state index in [2.05, 4.69) is 5.73 Å². The van der Waals surface area contributed by atoms with Gasteiger partial charge in [-0.3, -0.25) is 4.79 Å². The quantitative estimate of drug-likeness (QED) is 0.634. The molecule has 0 heterocycles. The zero-order chi connectivity index (χ0) is 9.56. The Kier molecular flexibility index (Phi) is 4.60. The summed E-state index contributed by atoms with van der Waals surface area (Å²) in [6, 6.07) is 4.55. The molecule has 2 nitrogen and oxygen atoms in total. The van der Waals surface area contributed by atoms with Gasteiger partial charge in [0.25, 0.3) is 0 Å². The highest BCUT2D eigenvalue weighted by Gasteiger charge is 1.88. The Morgan fingerprint density at radius 1 is 1.33 bits per heavy atom. The second kappa shape index (κ2) is 5.23. The Hall–Kier alpha value is -1.45. The minimum absolute atomic E-state index is 0.333. The lowest BCUT2D eigenvalue weighted by Crippen LogP contribution is -2.01. The normalized spacial score (nSPS) is 8.25. The minimum Gasteiger partial charge on any atom is -0.370 e. The molecule has 1 aromatic rings. The van der Waals surface area contributed by atoms with Crippen molar-refractivity contribution in [2.75, 3.05) is 0 Å². The van der Waals surface area contributed by atoms with Crippen LogP contribution in [-0.2, 0) is 4.79 Å². The first-order valence-electron chi connectivity index (χ1n) is 3.19. The molecule has 0 saturated carbocycles. The lowest BCUT2D eigenvalue weighted by molar-refractivity contribution is -0.115. The van der Waals surface area contributed by atoms with E-state index in [1.165, 1.54) is 25.1 Å². The van der Waals surface area contributed by atoms with Crippen molar-refractivity contribution in [3.63, 3.8) is 0 Å². The molecule has 1 aromatic carbocycles. The predicted molar refractivity (Wildman–Crippen MR) is 41.2 cm³/mol. The number of halogens is 2. The van der Waals surface area contributed by atoms with Gasteiger partial charge in [-0.25, -0.2) is 8.78 Å². The average molecular weight is 173 g/mol. The van der Waals surface area contributed by atoms with Crippen molar-refractivity contribution in [3.05, 3.63) is 35.9 Å². The number of amides is 1. The smallest absolute Gasteiger partial charge is 0.214 e. The van der Waals surface area contributed by atoms with Gasteiger partial charge in [0, 0.05) is 13.0 Å². The SMILES string of the molecule is CC(N)=O.Fc1cccc(F)c1. The maximum absolute atomic E-state index is 11.9. The van der Waals surface area contributed by atoms with Gasteiger partial charge in [0.15, 0.2) is 0 Å². The number of benzene rings is 1. The molecule has 2 N–H and O–H groups in total. The van der Waals surface area contributed by atoms with E-state index in [9.17, 15) is 13.6 Å². The van der Waals surface area contributed by atoms with Crippen molar-refractivity contribution in [1.29, 1.82) is 0 Å². The molecule has 1 amide bonds. The third-order valence-electron chi connectivity index (χ3n) is 0.787. The summed E-state index contributed by atoms with van der Waals surface area (Å²) in [6.45, 7) is 1.31. The highest BCUT2D eigenvalue weighted by atomic mass is 19.1. The lowest BCUT2D eigenvalue weighted by atomic mass is 10.3. The van der Waals surface area contributed by atoms with Crippen LogP contribution in [0.15, 0.2) is 24.3 Å². The molecule has 0 saturated heterocycles. The fourth-order valence-corrected chi connectivity index (χ4v) is 0.460. The first-order chi connectivity index (χ1) is 5.52. The van der Waals surface area contributed by atoms with Crippen LogP contribution in [0.25, 0.3) is 0 Å². The Balaban J connectivity index is 0.000000261. The van der Waals surface area contributed by atoms with Gasteiger partial charge in [-0.2, -0.15) is 0 Å². The molecule has 0 aliphatic carbocycles. The third-order valence-corrected chi connectivity index (χ3v) is 0.787. The van der Waals surface area contributed by atoms with E-state index in [0.717, 1.165) is 6.07 Å². The number of hydrogen-bond acceptors (Lipinski definition) is 1. The zero-order valence-electron chi connectivity index (χ0n) is 6.55. The van der Waals surface area contributed by atoms with Crippen LogP contribution in [0.5, 0.6) is 0 Å². The summed E-state index contributed by atoms with van der Waals surface area (Å²) in [7, 11) is 0. The topological polar surface area (TPSA) is 43.1 Å². The summed E-state index contributed by atoms with van der Waals surface area (Å²) in [6.07, 6.45) is 0. The fraction of sp³-hybridized carbons (Fsp3) is 0.125. The maximum atomic E-state index is 11.9. The molecule has 0 radical (unpaired) electrons. The summed E-state index contributed by atoms with van der Waals surface area (Å²) in [5.74, 6) is -1.41. The molecule has 0 fully saturated rings. The van der Waals surface area contributed by atoms with E-state index in [4.69, 9.17) is 0 Å². The second-order valence-electron chi connectivity index (χ2n) is 2.05. The van der Waals surface area contributed by atoms with Gasteiger partial charge in [0.1, 0.15) is 11.6 Å². The first-order valence-corrected chi connectivity index (χ1v) is 3.19. The molecule has 12 heavy (non-hydrogen) atoms. The van der Waals surface area contributed by atoms with Crippen molar-refractivity contribution >= 4 is 5.91 Å². The predicted octanol–water partition coefficient (Wildman–Crippen LogP) is 1.46. The van der Waals surface area contributed by atoms with Gasteiger partial charge >= 0.3 is 0 Å². The zero-order valence-corrected chi connectivity index (χ0v) is 6.55. The molecule has 0 aromatic heterocycles. The number of hydrogen-bond donors (Lipinski definition) is 1. The van der Waals surface area contributed by atoms with Gasteiger partial charge in [-0.1, -0.05) is 6.07 Å². The van der Waals surface area contributed by atoms with Gasteiger partial charge < -0.3 is 5.73 Å². The van der Waals surface area contributed by atoms with Gasteiger partial charge in [0.05, 0.1) is 0 Å². The number of carbonyl (C=O) groups is 1. The van der Waals surface area contributed by atoms with Crippen LogP contribution in [0.4, 0.5) is 8.78 Å². The van der Waals surface area contributed by atoms with E-state index in [-0.39, 0.29) is 5.91 Å². The van der Waals surface area contributed by atoms with Crippen molar-refractivity contribution in [3.8, 4) is 0 Å². The first kappa shape index (κ1) is 10.6. The summed E-state index contributed by atoms with van der Waals surface area (Å²) < 4.78 is 23.9. The van der Waals surface area contributed by atoms with Crippen LogP contribution in [0.3, 0.4) is 0 Å². The summed E-state index contributed by atoms with van der Waals surface area (Å²) in [4.78, 5) is 9.22. The molecule has 0 unspecified atom stereocenters. The number of nitrogens with two attached hydrogens (primary N) is 1. The number of primary amides is 1. The second-order valence-corrected chi connectivity index (χ2v) is 2.05. The van der Waals surface area contributed by atoms with E-state index in [1.807, 2.05) is 0 Å². The molecule has 0 atom stereocenters. The van der Waals surface area contributed by atoms with E-state index in [0.29, 0.717) is 0 Å². The molecular weight excluding hydrogens is 164 g/mol.